The molecule has 1 fully saturated rings. The number of benzene rings is 1. The molecule has 3 aromatic heterocycles. The summed E-state index contributed by atoms with van der Waals surface area (Å²) in [5.41, 5.74) is 1.53. The molecule has 174 valence electrons. The van der Waals surface area contributed by atoms with E-state index in [2.05, 4.69) is 25.6 Å². The van der Waals surface area contributed by atoms with Crippen molar-refractivity contribution in [3.05, 3.63) is 77.9 Å². The van der Waals surface area contributed by atoms with Crippen LogP contribution in [0.5, 0.6) is 0 Å². The Kier molecular flexibility index (Phi) is 5.93. The Bertz CT molecular complexity index is 1340. The molecule has 0 aliphatic heterocycles. The number of aromatic amines is 1. The van der Waals surface area contributed by atoms with Crippen LogP contribution in [0.2, 0.25) is 0 Å². The lowest BCUT2D eigenvalue weighted by Crippen LogP contribution is -2.36. The number of urea groups is 1. The van der Waals surface area contributed by atoms with Gasteiger partial charge in [-0.2, -0.15) is 0 Å². The fraction of sp³-hybridized carbons (Fsp3) is 0.240. The third-order valence-corrected chi connectivity index (χ3v) is 6.19. The van der Waals surface area contributed by atoms with Crippen molar-refractivity contribution in [1.29, 1.82) is 0 Å². The topological polar surface area (TPSA) is 103 Å². The second kappa shape index (κ2) is 9.18. The Morgan fingerprint density at radius 3 is 2.74 bits per heavy atom. The largest absolute Gasteiger partial charge is 0.383 e. The molecule has 3 heterocycles. The molecular formula is C25H23F2N5O2. The lowest BCUT2D eigenvalue weighted by Gasteiger charge is -2.17. The number of aromatic nitrogens is 3. The van der Waals surface area contributed by atoms with Crippen molar-refractivity contribution in [2.45, 2.75) is 37.8 Å². The average molecular weight is 463 g/mol. The average Bonchev–Trinajstić information content (AvgIpc) is 3.51. The Morgan fingerprint density at radius 2 is 1.97 bits per heavy atom. The molecular weight excluding hydrogens is 440 g/mol. The number of rotatable bonds is 5. The summed E-state index contributed by atoms with van der Waals surface area (Å²) >= 11 is 0. The van der Waals surface area contributed by atoms with E-state index in [0.29, 0.717) is 11.0 Å². The molecule has 1 saturated carbocycles. The molecule has 4 N–H and O–H groups in total. The van der Waals surface area contributed by atoms with Crippen LogP contribution < -0.4 is 10.6 Å². The smallest absolute Gasteiger partial charge is 0.319 e. The first-order valence-corrected chi connectivity index (χ1v) is 11.1. The van der Waals surface area contributed by atoms with Crippen molar-refractivity contribution in [1.82, 2.24) is 20.3 Å². The summed E-state index contributed by atoms with van der Waals surface area (Å²) in [6.07, 6.45) is 8.65. The first-order valence-electron chi connectivity index (χ1n) is 11.1. The molecule has 1 aromatic carbocycles. The zero-order valence-electron chi connectivity index (χ0n) is 18.2. The number of carbonyl (C=O) groups excluding carboxylic acids is 1. The van der Waals surface area contributed by atoms with Crippen molar-refractivity contribution in [2.75, 3.05) is 5.32 Å². The number of aliphatic hydroxyl groups excluding tert-OH is 1. The molecule has 1 atom stereocenters. The van der Waals surface area contributed by atoms with E-state index in [4.69, 9.17) is 0 Å². The number of aliphatic hydroxyl groups is 1. The molecule has 1 aliphatic carbocycles. The molecule has 1 aliphatic rings. The predicted molar refractivity (Wildman–Crippen MR) is 124 cm³/mol. The van der Waals surface area contributed by atoms with Crippen LogP contribution in [0, 0.1) is 11.6 Å². The summed E-state index contributed by atoms with van der Waals surface area (Å²) in [6.45, 7) is 0. The summed E-state index contributed by atoms with van der Waals surface area (Å²) in [6, 6.07) is 7.09. The number of H-pyrrole nitrogens is 1. The highest BCUT2D eigenvalue weighted by Gasteiger charge is 2.26. The van der Waals surface area contributed by atoms with Crippen LogP contribution in [-0.4, -0.2) is 32.1 Å². The highest BCUT2D eigenvalue weighted by molar-refractivity contribution is 5.90. The van der Waals surface area contributed by atoms with Crippen molar-refractivity contribution in [3.63, 3.8) is 0 Å². The van der Waals surface area contributed by atoms with Gasteiger partial charge in [0, 0.05) is 52.9 Å². The highest BCUT2D eigenvalue weighted by atomic mass is 19.1. The SMILES string of the molecule is O=C(Nc1ccc(F)c(C(O)c2c[nH]c3ncc(-c4cccnc4)cc23)c1F)NC1CCCC1. The van der Waals surface area contributed by atoms with E-state index >= 15 is 4.39 Å². The standard InChI is InChI=1S/C25H23F2N5O2/c26-19-7-8-20(32-25(34)31-16-5-1-2-6-16)22(27)21(19)23(33)18-13-30-24-17(18)10-15(12-29-24)14-4-3-9-28-11-14/h3-4,7-13,16,23,33H,1-2,5-6H2,(H,29,30)(H2,31,32,34). The summed E-state index contributed by atoms with van der Waals surface area (Å²) < 4.78 is 30.0. The molecule has 4 aromatic rings. The Labute approximate surface area is 194 Å². The van der Waals surface area contributed by atoms with Gasteiger partial charge in [-0.25, -0.2) is 18.6 Å². The molecule has 2 amide bonds. The lowest BCUT2D eigenvalue weighted by molar-refractivity contribution is 0.210. The van der Waals surface area contributed by atoms with Crippen LogP contribution in [0.25, 0.3) is 22.2 Å². The van der Waals surface area contributed by atoms with Crippen LogP contribution in [0.3, 0.4) is 0 Å². The Balaban J connectivity index is 1.46. The Hall–Kier alpha value is -3.85. The van der Waals surface area contributed by atoms with E-state index in [1.54, 1.807) is 30.7 Å². The number of pyridine rings is 2. The van der Waals surface area contributed by atoms with E-state index in [1.165, 1.54) is 6.20 Å². The number of amides is 2. The minimum atomic E-state index is -1.63. The van der Waals surface area contributed by atoms with Crippen molar-refractivity contribution in [3.8, 4) is 11.1 Å². The van der Waals surface area contributed by atoms with E-state index in [-0.39, 0.29) is 17.3 Å². The molecule has 0 spiro atoms. The third-order valence-electron chi connectivity index (χ3n) is 6.19. The maximum atomic E-state index is 15.3. The number of nitrogens with one attached hydrogen (secondary N) is 3. The fourth-order valence-electron chi connectivity index (χ4n) is 4.43. The minimum absolute atomic E-state index is 0.0429. The van der Waals surface area contributed by atoms with Gasteiger partial charge >= 0.3 is 6.03 Å². The van der Waals surface area contributed by atoms with E-state index in [1.807, 2.05) is 6.07 Å². The van der Waals surface area contributed by atoms with Gasteiger partial charge in [-0.1, -0.05) is 18.9 Å². The summed E-state index contributed by atoms with van der Waals surface area (Å²) in [7, 11) is 0. The summed E-state index contributed by atoms with van der Waals surface area (Å²) in [5.74, 6) is -1.95. The van der Waals surface area contributed by atoms with Gasteiger partial charge in [0.15, 0.2) is 5.82 Å². The van der Waals surface area contributed by atoms with Gasteiger partial charge < -0.3 is 20.7 Å². The molecule has 5 rings (SSSR count). The molecule has 7 nitrogen and oxygen atoms in total. The maximum absolute atomic E-state index is 15.3. The van der Waals surface area contributed by atoms with Crippen LogP contribution in [0.1, 0.15) is 42.9 Å². The van der Waals surface area contributed by atoms with E-state index in [0.717, 1.165) is 48.9 Å². The molecule has 9 heteroatoms. The summed E-state index contributed by atoms with van der Waals surface area (Å²) in [4.78, 5) is 23.7. The number of hydrogen-bond acceptors (Lipinski definition) is 4. The highest BCUT2D eigenvalue weighted by Crippen LogP contribution is 2.35. The van der Waals surface area contributed by atoms with Gasteiger partial charge in [-0.3, -0.25) is 4.98 Å². The number of hydrogen-bond donors (Lipinski definition) is 4. The number of carbonyl (C=O) groups is 1. The normalized spacial score (nSPS) is 14.9. The minimum Gasteiger partial charge on any atom is -0.383 e. The Morgan fingerprint density at radius 1 is 1.15 bits per heavy atom. The third kappa shape index (κ3) is 4.22. The quantitative estimate of drug-likeness (QED) is 0.333. The predicted octanol–water partition coefficient (Wildman–Crippen LogP) is 5.05. The first kappa shape index (κ1) is 22.0. The number of nitrogens with zero attached hydrogens (tertiary/aromatic N) is 2. The molecule has 0 radical (unpaired) electrons. The van der Waals surface area contributed by atoms with E-state index in [9.17, 15) is 14.3 Å². The maximum Gasteiger partial charge on any atom is 0.319 e. The van der Waals surface area contributed by atoms with Gasteiger partial charge in [-0.05, 0) is 37.1 Å². The fourth-order valence-corrected chi connectivity index (χ4v) is 4.43. The van der Waals surface area contributed by atoms with Crippen molar-refractivity contribution in [2.24, 2.45) is 0 Å². The zero-order chi connectivity index (χ0) is 23.7. The van der Waals surface area contributed by atoms with E-state index < -0.39 is 29.3 Å². The first-order chi connectivity index (χ1) is 16.5. The molecule has 0 bridgehead atoms. The van der Waals surface area contributed by atoms with Crippen LogP contribution in [-0.2, 0) is 0 Å². The second-order valence-electron chi connectivity index (χ2n) is 8.41. The molecule has 1 unspecified atom stereocenters. The number of anilines is 1. The summed E-state index contributed by atoms with van der Waals surface area (Å²) in [5, 5.41) is 16.8. The van der Waals surface area contributed by atoms with Crippen molar-refractivity contribution >= 4 is 22.8 Å². The zero-order valence-corrected chi connectivity index (χ0v) is 18.2. The number of fused-ring (bicyclic) bond motifs is 1. The van der Waals surface area contributed by atoms with Gasteiger partial charge in [0.2, 0.25) is 0 Å². The van der Waals surface area contributed by atoms with Crippen LogP contribution in [0.15, 0.2) is 55.1 Å². The van der Waals surface area contributed by atoms with Gasteiger partial charge in [0.25, 0.3) is 0 Å². The van der Waals surface area contributed by atoms with Crippen LogP contribution in [0.4, 0.5) is 19.3 Å². The van der Waals surface area contributed by atoms with Crippen LogP contribution >= 0.6 is 0 Å². The van der Waals surface area contributed by atoms with Gasteiger partial charge in [0.05, 0.1) is 11.3 Å². The molecule has 0 saturated heterocycles. The lowest BCUT2D eigenvalue weighted by atomic mass is 9.98. The van der Waals surface area contributed by atoms with Gasteiger partial charge in [-0.15, -0.1) is 0 Å². The van der Waals surface area contributed by atoms with Gasteiger partial charge in [0.1, 0.15) is 17.6 Å². The van der Waals surface area contributed by atoms with Crippen molar-refractivity contribution < 1.29 is 18.7 Å². The monoisotopic (exact) mass is 463 g/mol. The molecule has 34 heavy (non-hydrogen) atoms. The second-order valence-corrected chi connectivity index (χ2v) is 8.41. The number of halogens is 2.